The number of nitrogens with zero attached hydrogens (tertiary/aromatic N) is 2. The van der Waals surface area contributed by atoms with Crippen molar-refractivity contribution in [3.8, 4) is 0 Å². The van der Waals surface area contributed by atoms with Crippen LogP contribution in [0.1, 0.15) is 29.4 Å². The lowest BCUT2D eigenvalue weighted by atomic mass is 9.97. The first-order valence-electron chi connectivity index (χ1n) is 11.8. The number of rotatable bonds is 9. The average molecular weight is 558 g/mol. The minimum atomic E-state index is -4.65. The second kappa shape index (κ2) is 11.4. The zero-order chi connectivity index (χ0) is 26.7. The molecule has 0 spiro atoms. The van der Waals surface area contributed by atoms with Crippen LogP contribution in [0.15, 0.2) is 30.3 Å². The molecule has 2 aromatic heterocycles. The third kappa shape index (κ3) is 6.29. The molecule has 0 aliphatic carbocycles. The number of benzene rings is 1. The Balaban J connectivity index is 1.51. The van der Waals surface area contributed by atoms with E-state index in [2.05, 4.69) is 25.5 Å². The van der Waals surface area contributed by atoms with Gasteiger partial charge in [0.05, 0.1) is 17.1 Å². The van der Waals surface area contributed by atoms with Gasteiger partial charge in [0.1, 0.15) is 5.82 Å². The van der Waals surface area contributed by atoms with Crippen LogP contribution >= 0.6 is 23.2 Å². The third-order valence-corrected chi connectivity index (χ3v) is 6.97. The van der Waals surface area contributed by atoms with Gasteiger partial charge in [-0.1, -0.05) is 23.2 Å². The van der Waals surface area contributed by atoms with Gasteiger partial charge in [-0.2, -0.15) is 13.2 Å². The number of aromatic nitrogens is 2. The second-order valence-corrected chi connectivity index (χ2v) is 9.73. The van der Waals surface area contributed by atoms with Gasteiger partial charge in [-0.15, -0.1) is 0 Å². The van der Waals surface area contributed by atoms with Gasteiger partial charge in [-0.05, 0) is 55.3 Å². The maximum atomic E-state index is 13.2. The Kier molecular flexibility index (Phi) is 8.49. The Bertz CT molecular complexity index is 1270. The molecule has 13 heteroatoms. The Morgan fingerprint density at radius 2 is 2.05 bits per heavy atom. The predicted octanol–water partition coefficient (Wildman–Crippen LogP) is 3.69. The molecule has 0 fully saturated rings. The van der Waals surface area contributed by atoms with Gasteiger partial charge in [0, 0.05) is 47.8 Å². The molecular formula is C24H28Cl2F3N7O. The Morgan fingerprint density at radius 1 is 1.27 bits per heavy atom. The minimum absolute atomic E-state index is 0.0762. The number of aromatic amines is 1. The number of anilines is 1. The second-order valence-electron chi connectivity index (χ2n) is 8.89. The predicted molar refractivity (Wildman–Crippen MR) is 139 cm³/mol. The van der Waals surface area contributed by atoms with Crippen molar-refractivity contribution in [2.45, 2.75) is 31.1 Å². The van der Waals surface area contributed by atoms with E-state index >= 15 is 0 Å². The number of carbonyl (C=O) groups is 1. The van der Waals surface area contributed by atoms with Crippen LogP contribution in [0.2, 0.25) is 10.0 Å². The first-order chi connectivity index (χ1) is 17.6. The average Bonchev–Trinajstić information content (AvgIpc) is 3.21. The lowest BCUT2D eigenvalue weighted by molar-refractivity contribution is -0.141. The van der Waals surface area contributed by atoms with Crippen molar-refractivity contribution < 1.29 is 18.0 Å². The normalized spacial score (nSPS) is 17.0. The fourth-order valence-corrected chi connectivity index (χ4v) is 4.98. The van der Waals surface area contributed by atoms with Gasteiger partial charge >= 0.3 is 6.18 Å². The molecular weight excluding hydrogens is 530 g/mol. The molecule has 3 heterocycles. The van der Waals surface area contributed by atoms with Crippen molar-refractivity contribution >= 4 is 45.8 Å². The van der Waals surface area contributed by atoms with E-state index in [4.69, 9.17) is 34.7 Å². The summed E-state index contributed by atoms with van der Waals surface area (Å²) in [5, 5.41) is 7.08. The molecule has 0 saturated carbocycles. The Labute approximate surface area is 221 Å². The number of pyridine rings is 1. The van der Waals surface area contributed by atoms with Gasteiger partial charge in [-0.25, -0.2) is 4.98 Å². The van der Waals surface area contributed by atoms with E-state index in [-0.39, 0.29) is 17.8 Å². The molecule has 4 rings (SSSR count). The van der Waals surface area contributed by atoms with Crippen molar-refractivity contribution in [2.24, 2.45) is 11.5 Å². The summed E-state index contributed by atoms with van der Waals surface area (Å²) in [7, 11) is 0. The highest BCUT2D eigenvalue weighted by atomic mass is 35.5. The van der Waals surface area contributed by atoms with Crippen LogP contribution in [0.25, 0.3) is 10.9 Å². The highest BCUT2D eigenvalue weighted by Crippen LogP contribution is 2.36. The summed E-state index contributed by atoms with van der Waals surface area (Å²) in [4.78, 5) is 21.7. The summed E-state index contributed by atoms with van der Waals surface area (Å²) in [6.07, 6.45) is -3.54. The summed E-state index contributed by atoms with van der Waals surface area (Å²) in [5.74, 6) is -0.216. The number of fused-ring (bicyclic) bond motifs is 3. The first-order valence-corrected chi connectivity index (χ1v) is 12.6. The maximum Gasteiger partial charge on any atom is 0.434 e. The number of nitrogens with two attached hydrogens (primary N) is 2. The zero-order valence-electron chi connectivity index (χ0n) is 19.8. The number of carbonyl (C=O) groups excluding carboxylic acids is 1. The number of halogens is 5. The molecule has 1 aliphatic heterocycles. The van der Waals surface area contributed by atoms with E-state index in [9.17, 15) is 18.0 Å². The number of alkyl halides is 3. The van der Waals surface area contributed by atoms with Crippen LogP contribution in [0, 0.1) is 0 Å². The summed E-state index contributed by atoms with van der Waals surface area (Å²) >= 11 is 11.9. The van der Waals surface area contributed by atoms with Gasteiger partial charge < -0.3 is 27.1 Å². The highest BCUT2D eigenvalue weighted by Gasteiger charge is 2.35. The van der Waals surface area contributed by atoms with Crippen LogP contribution in [-0.2, 0) is 17.4 Å². The Hall–Kier alpha value is -2.57. The molecule has 1 unspecified atom stereocenters. The summed E-state index contributed by atoms with van der Waals surface area (Å²) in [6, 6.07) is 7.30. The minimum Gasteiger partial charge on any atom is -0.369 e. The molecule has 8 nitrogen and oxygen atoms in total. The van der Waals surface area contributed by atoms with Gasteiger partial charge in [-0.3, -0.25) is 9.69 Å². The summed E-state index contributed by atoms with van der Waals surface area (Å²) in [6.45, 7) is 2.08. The lowest BCUT2D eigenvalue weighted by Crippen LogP contribution is -2.47. The fourth-order valence-electron chi connectivity index (χ4n) is 4.59. The SMILES string of the molecule is NCC[C@H](N)C(=O)NCC1c2[nH]c3ccc(Cl)cc3c2CCN1CCNc1ccc(Cl)c(C(F)(F)F)n1. The van der Waals surface area contributed by atoms with Crippen molar-refractivity contribution in [3.05, 3.63) is 57.3 Å². The number of hydrogen-bond donors (Lipinski definition) is 5. The number of hydrogen-bond acceptors (Lipinski definition) is 6. The molecule has 0 bridgehead atoms. The maximum absolute atomic E-state index is 13.2. The van der Waals surface area contributed by atoms with E-state index in [1.54, 1.807) is 0 Å². The molecule has 2 atom stereocenters. The van der Waals surface area contributed by atoms with E-state index in [0.29, 0.717) is 44.2 Å². The zero-order valence-corrected chi connectivity index (χ0v) is 21.4. The topological polar surface area (TPSA) is 125 Å². The summed E-state index contributed by atoms with van der Waals surface area (Å²) in [5.41, 5.74) is 13.3. The van der Waals surface area contributed by atoms with Crippen LogP contribution in [0.4, 0.5) is 19.0 Å². The van der Waals surface area contributed by atoms with Crippen molar-refractivity contribution in [3.63, 3.8) is 0 Å². The molecule has 0 saturated heterocycles. The van der Waals surface area contributed by atoms with E-state index in [1.165, 1.54) is 12.1 Å². The standard InChI is InChI=1S/C24H28Cl2F3N7O/c25-13-1-3-18-15(11-13)14-6-9-36(19(21(14)34-18)12-33-23(37)17(31)5-7-30)10-8-32-20-4-2-16(26)22(35-20)24(27,28)29/h1-4,11,17,19,34H,5-10,12,30-31H2,(H,32,35)(H,33,37)/t17-,19?/m0/s1. The molecule has 1 aliphatic rings. The summed E-state index contributed by atoms with van der Waals surface area (Å²) < 4.78 is 39.5. The third-order valence-electron chi connectivity index (χ3n) is 6.43. The number of H-pyrrole nitrogens is 1. The number of nitrogens with one attached hydrogen (secondary N) is 3. The molecule has 0 radical (unpaired) electrons. The van der Waals surface area contributed by atoms with E-state index in [1.807, 2.05) is 18.2 Å². The fraction of sp³-hybridized carbons (Fsp3) is 0.417. The largest absolute Gasteiger partial charge is 0.434 e. The molecule has 3 aromatic rings. The van der Waals surface area contributed by atoms with E-state index < -0.39 is 22.9 Å². The van der Waals surface area contributed by atoms with Crippen LogP contribution in [0.3, 0.4) is 0 Å². The molecule has 1 amide bonds. The smallest absolute Gasteiger partial charge is 0.369 e. The van der Waals surface area contributed by atoms with Gasteiger partial charge in [0.25, 0.3) is 0 Å². The van der Waals surface area contributed by atoms with Gasteiger partial charge in [0.15, 0.2) is 5.69 Å². The van der Waals surface area contributed by atoms with Crippen molar-refractivity contribution in [1.29, 1.82) is 0 Å². The van der Waals surface area contributed by atoms with Crippen LogP contribution in [-0.4, -0.2) is 59.5 Å². The monoisotopic (exact) mass is 557 g/mol. The molecule has 37 heavy (non-hydrogen) atoms. The molecule has 7 N–H and O–H groups in total. The van der Waals surface area contributed by atoms with Crippen molar-refractivity contribution in [2.75, 3.05) is 38.0 Å². The Morgan fingerprint density at radius 3 is 2.78 bits per heavy atom. The quantitative estimate of drug-likeness (QED) is 0.273. The van der Waals surface area contributed by atoms with Crippen molar-refractivity contribution in [1.82, 2.24) is 20.2 Å². The van der Waals surface area contributed by atoms with Gasteiger partial charge in [0.2, 0.25) is 5.91 Å². The number of amides is 1. The highest BCUT2D eigenvalue weighted by molar-refractivity contribution is 6.31. The molecule has 1 aromatic carbocycles. The first kappa shape index (κ1) is 27.5. The van der Waals surface area contributed by atoms with E-state index in [0.717, 1.165) is 28.6 Å². The van der Waals surface area contributed by atoms with Crippen LogP contribution in [0.5, 0.6) is 0 Å². The van der Waals surface area contributed by atoms with Crippen LogP contribution < -0.4 is 22.1 Å². The lowest BCUT2D eigenvalue weighted by Gasteiger charge is -2.36. The molecule has 200 valence electrons.